The number of aromatic carboxylic acids is 1. The van der Waals surface area contributed by atoms with Crippen LogP contribution in [0.4, 0.5) is 0 Å². The molecule has 4 heteroatoms. The molecule has 1 amide bonds. The summed E-state index contributed by atoms with van der Waals surface area (Å²) >= 11 is 0. The molecular weight excluding hydrogens is 254 g/mol. The van der Waals surface area contributed by atoms with Crippen LogP contribution in [0, 0.1) is 6.92 Å². The van der Waals surface area contributed by atoms with E-state index in [0.717, 1.165) is 11.1 Å². The van der Waals surface area contributed by atoms with Crippen LogP contribution < -0.4 is 5.32 Å². The van der Waals surface area contributed by atoms with Crippen LogP contribution in [0.5, 0.6) is 0 Å². The van der Waals surface area contributed by atoms with Crippen LogP contribution in [-0.2, 0) is 6.54 Å². The molecule has 2 aromatic rings. The Morgan fingerprint density at radius 2 is 1.50 bits per heavy atom. The Kier molecular flexibility index (Phi) is 4.15. The third kappa shape index (κ3) is 3.45. The van der Waals surface area contributed by atoms with Crippen molar-refractivity contribution >= 4 is 11.9 Å². The summed E-state index contributed by atoms with van der Waals surface area (Å²) in [4.78, 5) is 22.6. The van der Waals surface area contributed by atoms with Crippen LogP contribution in [0.3, 0.4) is 0 Å². The first-order valence-corrected chi connectivity index (χ1v) is 6.23. The SMILES string of the molecule is Cc1ccc(C(=O)NCc2ccc(C(=O)O)cc2)cc1. The van der Waals surface area contributed by atoms with Crippen molar-refractivity contribution in [1.29, 1.82) is 0 Å². The van der Waals surface area contributed by atoms with E-state index in [1.807, 2.05) is 19.1 Å². The average Bonchev–Trinajstić information content (AvgIpc) is 2.46. The molecule has 0 aliphatic heterocycles. The number of rotatable bonds is 4. The van der Waals surface area contributed by atoms with Crippen molar-refractivity contribution in [2.24, 2.45) is 0 Å². The van der Waals surface area contributed by atoms with E-state index >= 15 is 0 Å². The molecule has 0 aliphatic rings. The van der Waals surface area contributed by atoms with Gasteiger partial charge in [-0.25, -0.2) is 4.79 Å². The molecule has 0 unspecified atom stereocenters. The zero-order valence-electron chi connectivity index (χ0n) is 11.1. The number of hydrogen-bond donors (Lipinski definition) is 2. The fourth-order valence-corrected chi connectivity index (χ4v) is 1.75. The summed E-state index contributed by atoms with van der Waals surface area (Å²) in [6, 6.07) is 13.8. The van der Waals surface area contributed by atoms with Crippen LogP contribution in [-0.4, -0.2) is 17.0 Å². The minimum Gasteiger partial charge on any atom is -0.478 e. The first-order valence-electron chi connectivity index (χ1n) is 6.23. The molecule has 2 N–H and O–H groups in total. The van der Waals surface area contributed by atoms with Crippen molar-refractivity contribution in [2.45, 2.75) is 13.5 Å². The topological polar surface area (TPSA) is 66.4 Å². The number of carboxylic acids is 1. The molecule has 0 fully saturated rings. The molecule has 102 valence electrons. The van der Waals surface area contributed by atoms with Gasteiger partial charge >= 0.3 is 5.97 Å². The first-order chi connectivity index (χ1) is 9.56. The van der Waals surface area contributed by atoms with Crippen molar-refractivity contribution in [2.75, 3.05) is 0 Å². The molecule has 20 heavy (non-hydrogen) atoms. The van der Waals surface area contributed by atoms with E-state index in [9.17, 15) is 9.59 Å². The molecule has 0 saturated heterocycles. The summed E-state index contributed by atoms with van der Waals surface area (Å²) in [5.74, 6) is -1.10. The van der Waals surface area contributed by atoms with Gasteiger partial charge in [0.25, 0.3) is 5.91 Å². The predicted octanol–water partition coefficient (Wildman–Crippen LogP) is 2.62. The second-order valence-corrected chi connectivity index (χ2v) is 4.55. The van der Waals surface area contributed by atoms with E-state index in [4.69, 9.17) is 5.11 Å². The lowest BCUT2D eigenvalue weighted by atomic mass is 10.1. The summed E-state index contributed by atoms with van der Waals surface area (Å²) in [6.45, 7) is 2.33. The molecule has 0 aliphatic carbocycles. The molecule has 0 heterocycles. The summed E-state index contributed by atoms with van der Waals surface area (Å²) in [6.07, 6.45) is 0. The molecular formula is C16H15NO3. The zero-order chi connectivity index (χ0) is 14.5. The maximum Gasteiger partial charge on any atom is 0.335 e. The number of hydrogen-bond acceptors (Lipinski definition) is 2. The molecule has 0 aromatic heterocycles. The third-order valence-electron chi connectivity index (χ3n) is 2.97. The number of amides is 1. The Morgan fingerprint density at radius 1 is 0.950 bits per heavy atom. The highest BCUT2D eigenvalue weighted by Gasteiger charge is 2.05. The molecule has 2 rings (SSSR count). The lowest BCUT2D eigenvalue weighted by molar-refractivity contribution is 0.0696. The second kappa shape index (κ2) is 6.02. The van der Waals surface area contributed by atoms with Crippen LogP contribution in [0.2, 0.25) is 0 Å². The van der Waals surface area contributed by atoms with Crippen LogP contribution >= 0.6 is 0 Å². The fourth-order valence-electron chi connectivity index (χ4n) is 1.75. The third-order valence-corrected chi connectivity index (χ3v) is 2.97. The first kappa shape index (κ1) is 13.8. The summed E-state index contributed by atoms with van der Waals surface area (Å²) in [5, 5.41) is 11.6. The van der Waals surface area contributed by atoms with Gasteiger partial charge in [-0.2, -0.15) is 0 Å². The van der Waals surface area contributed by atoms with Crippen molar-refractivity contribution < 1.29 is 14.7 Å². The van der Waals surface area contributed by atoms with Crippen LogP contribution in [0.15, 0.2) is 48.5 Å². The Labute approximate surface area is 117 Å². The van der Waals surface area contributed by atoms with Crippen molar-refractivity contribution in [3.05, 3.63) is 70.8 Å². The van der Waals surface area contributed by atoms with Gasteiger partial charge in [0.2, 0.25) is 0 Å². The van der Waals surface area contributed by atoms with Gasteiger partial charge in [-0.15, -0.1) is 0 Å². The molecule has 2 aromatic carbocycles. The van der Waals surface area contributed by atoms with Crippen molar-refractivity contribution in [1.82, 2.24) is 5.32 Å². The maximum absolute atomic E-state index is 11.9. The number of nitrogens with one attached hydrogen (secondary N) is 1. The number of carbonyl (C=O) groups is 2. The van der Waals surface area contributed by atoms with Crippen molar-refractivity contribution in [3.63, 3.8) is 0 Å². The average molecular weight is 269 g/mol. The Balaban J connectivity index is 1.96. The molecule has 0 saturated carbocycles. The van der Waals surface area contributed by atoms with Gasteiger partial charge in [-0.3, -0.25) is 4.79 Å². The van der Waals surface area contributed by atoms with E-state index in [1.165, 1.54) is 12.1 Å². The fraction of sp³-hybridized carbons (Fsp3) is 0.125. The van der Waals surface area contributed by atoms with Crippen molar-refractivity contribution in [3.8, 4) is 0 Å². The minimum absolute atomic E-state index is 0.146. The zero-order valence-corrected chi connectivity index (χ0v) is 11.1. The Bertz CT molecular complexity index is 615. The normalized spacial score (nSPS) is 10.1. The van der Waals surface area contributed by atoms with Gasteiger partial charge in [0.1, 0.15) is 0 Å². The molecule has 4 nitrogen and oxygen atoms in total. The van der Waals surface area contributed by atoms with Crippen LogP contribution in [0.1, 0.15) is 31.8 Å². The van der Waals surface area contributed by atoms with E-state index in [1.54, 1.807) is 24.3 Å². The largest absolute Gasteiger partial charge is 0.478 e. The molecule has 0 atom stereocenters. The highest BCUT2D eigenvalue weighted by molar-refractivity contribution is 5.94. The number of aryl methyl sites for hydroxylation is 1. The van der Waals surface area contributed by atoms with E-state index < -0.39 is 5.97 Å². The second-order valence-electron chi connectivity index (χ2n) is 4.55. The lowest BCUT2D eigenvalue weighted by Gasteiger charge is -2.06. The quantitative estimate of drug-likeness (QED) is 0.896. The van der Waals surface area contributed by atoms with E-state index in [0.29, 0.717) is 12.1 Å². The van der Waals surface area contributed by atoms with Gasteiger partial charge in [0.15, 0.2) is 0 Å². The Hall–Kier alpha value is -2.62. The van der Waals surface area contributed by atoms with Gasteiger partial charge in [0.05, 0.1) is 5.56 Å². The smallest absolute Gasteiger partial charge is 0.335 e. The molecule has 0 bridgehead atoms. The summed E-state index contributed by atoms with van der Waals surface area (Å²) in [7, 11) is 0. The number of carbonyl (C=O) groups excluding carboxylic acids is 1. The summed E-state index contributed by atoms with van der Waals surface area (Å²) in [5.41, 5.74) is 2.80. The Morgan fingerprint density at radius 3 is 2.05 bits per heavy atom. The number of benzene rings is 2. The monoisotopic (exact) mass is 269 g/mol. The van der Waals surface area contributed by atoms with Gasteiger partial charge in [-0.1, -0.05) is 29.8 Å². The minimum atomic E-state index is -0.958. The maximum atomic E-state index is 11.9. The summed E-state index contributed by atoms with van der Waals surface area (Å²) < 4.78 is 0. The van der Waals surface area contributed by atoms with Crippen LogP contribution in [0.25, 0.3) is 0 Å². The van der Waals surface area contributed by atoms with E-state index in [-0.39, 0.29) is 11.5 Å². The molecule has 0 spiro atoms. The highest BCUT2D eigenvalue weighted by Crippen LogP contribution is 2.06. The number of carboxylic acid groups (broad SMARTS) is 1. The lowest BCUT2D eigenvalue weighted by Crippen LogP contribution is -2.22. The highest BCUT2D eigenvalue weighted by atomic mass is 16.4. The predicted molar refractivity (Wildman–Crippen MR) is 75.8 cm³/mol. The standard InChI is InChI=1S/C16H15NO3/c1-11-2-6-13(7-3-11)15(18)17-10-12-4-8-14(9-5-12)16(19)20/h2-9H,10H2,1H3,(H,17,18)(H,19,20). The van der Waals surface area contributed by atoms with E-state index in [2.05, 4.69) is 5.32 Å². The van der Waals surface area contributed by atoms with Gasteiger partial charge in [-0.05, 0) is 36.8 Å². The van der Waals surface area contributed by atoms with Gasteiger partial charge in [0, 0.05) is 12.1 Å². The molecule has 0 radical (unpaired) electrons. The van der Waals surface area contributed by atoms with Gasteiger partial charge < -0.3 is 10.4 Å².